The second-order valence-electron chi connectivity index (χ2n) is 8.42. The van der Waals surface area contributed by atoms with Crippen molar-refractivity contribution in [2.75, 3.05) is 18.0 Å². The number of nitrogens with one attached hydrogen (secondary N) is 2. The molecule has 0 spiro atoms. The van der Waals surface area contributed by atoms with E-state index in [2.05, 4.69) is 25.7 Å². The lowest BCUT2D eigenvalue weighted by atomic mass is 10.0. The summed E-state index contributed by atoms with van der Waals surface area (Å²) in [7, 11) is 1.97. The van der Waals surface area contributed by atoms with Crippen molar-refractivity contribution in [2.24, 2.45) is 12.0 Å². The smallest absolute Gasteiger partial charge is 0.192 e. The Morgan fingerprint density at radius 1 is 1.13 bits per heavy atom. The number of guanidine groups is 1. The fourth-order valence-electron chi connectivity index (χ4n) is 4.33. The van der Waals surface area contributed by atoms with Gasteiger partial charge in [-0.3, -0.25) is 0 Å². The molecule has 1 saturated heterocycles. The minimum absolute atomic E-state index is 0.188. The summed E-state index contributed by atoms with van der Waals surface area (Å²) in [6, 6.07) is 7.60. The Balaban J connectivity index is 1.44. The van der Waals surface area contributed by atoms with E-state index in [0.717, 1.165) is 49.2 Å². The van der Waals surface area contributed by atoms with Crippen LogP contribution < -0.4 is 15.5 Å². The first-order valence-corrected chi connectivity index (χ1v) is 11.0. The third kappa shape index (κ3) is 5.09. The van der Waals surface area contributed by atoms with Gasteiger partial charge in [-0.15, -0.1) is 10.2 Å². The van der Waals surface area contributed by atoms with Crippen molar-refractivity contribution in [3.8, 4) is 0 Å². The van der Waals surface area contributed by atoms with Crippen LogP contribution in [0, 0.1) is 12.7 Å². The molecule has 30 heavy (non-hydrogen) atoms. The van der Waals surface area contributed by atoms with E-state index in [-0.39, 0.29) is 11.9 Å². The zero-order valence-corrected chi connectivity index (χ0v) is 17.9. The zero-order chi connectivity index (χ0) is 20.9. The first-order valence-electron chi connectivity index (χ1n) is 11.0. The van der Waals surface area contributed by atoms with E-state index in [9.17, 15) is 4.39 Å². The highest BCUT2D eigenvalue weighted by atomic mass is 19.1. The molecule has 2 N–H and O–H groups in total. The number of aromatic nitrogens is 3. The quantitative estimate of drug-likeness (QED) is 0.583. The maximum atomic E-state index is 13.7. The Labute approximate surface area is 177 Å². The Kier molecular flexibility index (Phi) is 6.50. The van der Waals surface area contributed by atoms with Crippen LogP contribution in [0.3, 0.4) is 0 Å². The van der Waals surface area contributed by atoms with Crippen LogP contribution in [-0.2, 0) is 13.6 Å². The fourth-order valence-corrected chi connectivity index (χ4v) is 4.33. The summed E-state index contributed by atoms with van der Waals surface area (Å²) in [6.07, 6.45) is 7.04. The molecule has 2 aliphatic rings. The van der Waals surface area contributed by atoms with Gasteiger partial charge in [0.2, 0.25) is 0 Å². The average molecular weight is 414 g/mol. The number of benzene rings is 1. The van der Waals surface area contributed by atoms with Gasteiger partial charge in [0.25, 0.3) is 0 Å². The van der Waals surface area contributed by atoms with Gasteiger partial charge in [0, 0.05) is 37.9 Å². The van der Waals surface area contributed by atoms with Gasteiger partial charge >= 0.3 is 0 Å². The van der Waals surface area contributed by atoms with Crippen LogP contribution in [-0.4, -0.2) is 45.9 Å². The number of aryl methyl sites for hydroxylation is 1. The fraction of sp³-hybridized carbons (Fsp3) is 0.591. The lowest BCUT2D eigenvalue weighted by molar-refractivity contribution is 0.462. The predicted octanol–water partition coefficient (Wildman–Crippen LogP) is 2.91. The van der Waals surface area contributed by atoms with Gasteiger partial charge in [-0.25, -0.2) is 9.38 Å². The Hall–Kier alpha value is -2.64. The normalized spacial score (nSPS) is 20.6. The Bertz CT molecular complexity index is 872. The minimum atomic E-state index is -0.188. The van der Waals surface area contributed by atoms with Gasteiger partial charge in [0.1, 0.15) is 18.2 Å². The molecule has 1 unspecified atom stereocenters. The van der Waals surface area contributed by atoms with E-state index in [4.69, 9.17) is 4.99 Å². The van der Waals surface area contributed by atoms with Crippen LogP contribution in [0.1, 0.15) is 50.2 Å². The summed E-state index contributed by atoms with van der Waals surface area (Å²) < 4.78 is 15.6. The van der Waals surface area contributed by atoms with Gasteiger partial charge in [-0.05, 0) is 50.8 Å². The monoisotopic (exact) mass is 413 g/mol. The van der Waals surface area contributed by atoms with Crippen LogP contribution in [0.25, 0.3) is 0 Å². The van der Waals surface area contributed by atoms with Crippen molar-refractivity contribution in [3.63, 3.8) is 0 Å². The first-order chi connectivity index (χ1) is 14.6. The van der Waals surface area contributed by atoms with E-state index < -0.39 is 0 Å². The molecule has 8 heteroatoms. The first kappa shape index (κ1) is 20.6. The third-order valence-electron chi connectivity index (χ3n) is 6.19. The number of halogens is 1. The summed E-state index contributed by atoms with van der Waals surface area (Å²) in [5.74, 6) is 2.39. The SMILES string of the molecule is Cc1nnc(CN=C(NC2CCCC2)NC2CCCN(c3cccc(F)c3)C2)n1C. The van der Waals surface area contributed by atoms with Gasteiger partial charge in [-0.2, -0.15) is 0 Å². The summed E-state index contributed by atoms with van der Waals surface area (Å²) in [6.45, 7) is 4.21. The number of aliphatic imine (C=N–C) groups is 1. The molecule has 4 rings (SSSR count). The van der Waals surface area contributed by atoms with E-state index in [1.54, 1.807) is 12.1 Å². The summed E-state index contributed by atoms with van der Waals surface area (Å²) in [5.41, 5.74) is 0.943. The molecule has 1 aromatic heterocycles. The second-order valence-corrected chi connectivity index (χ2v) is 8.42. The third-order valence-corrected chi connectivity index (χ3v) is 6.19. The lowest BCUT2D eigenvalue weighted by Gasteiger charge is -2.35. The predicted molar refractivity (Wildman–Crippen MR) is 117 cm³/mol. The molecule has 162 valence electrons. The minimum Gasteiger partial charge on any atom is -0.369 e. The Morgan fingerprint density at radius 3 is 2.63 bits per heavy atom. The number of hydrogen-bond acceptors (Lipinski definition) is 4. The van der Waals surface area contributed by atoms with E-state index in [1.807, 2.05) is 24.6 Å². The van der Waals surface area contributed by atoms with Crippen LogP contribution in [0.2, 0.25) is 0 Å². The maximum absolute atomic E-state index is 13.7. The van der Waals surface area contributed by atoms with Crippen LogP contribution >= 0.6 is 0 Å². The molecule has 1 aliphatic carbocycles. The van der Waals surface area contributed by atoms with Crippen molar-refractivity contribution < 1.29 is 4.39 Å². The summed E-state index contributed by atoms with van der Waals surface area (Å²) in [4.78, 5) is 7.08. The highest BCUT2D eigenvalue weighted by Gasteiger charge is 2.23. The topological polar surface area (TPSA) is 70.4 Å². The molecule has 1 saturated carbocycles. The van der Waals surface area contributed by atoms with Crippen molar-refractivity contribution in [3.05, 3.63) is 41.7 Å². The van der Waals surface area contributed by atoms with Gasteiger partial charge in [-0.1, -0.05) is 18.9 Å². The molecular weight excluding hydrogens is 381 g/mol. The number of rotatable bonds is 5. The number of piperidine rings is 1. The molecule has 2 heterocycles. The number of nitrogens with zero attached hydrogens (tertiary/aromatic N) is 5. The Morgan fingerprint density at radius 2 is 1.90 bits per heavy atom. The van der Waals surface area contributed by atoms with Crippen molar-refractivity contribution >= 4 is 11.6 Å². The van der Waals surface area contributed by atoms with Gasteiger partial charge < -0.3 is 20.1 Å². The van der Waals surface area contributed by atoms with Crippen LogP contribution in [0.5, 0.6) is 0 Å². The standard InChI is InChI=1S/C22H32FN7/c1-16-27-28-21(29(16)2)14-24-22(25-18-8-3-4-9-18)26-19-10-6-12-30(15-19)20-11-5-7-17(23)13-20/h5,7,11,13,18-19H,3-4,6,8-10,12,14-15H2,1-2H3,(H2,24,25,26). The molecule has 2 fully saturated rings. The highest BCUT2D eigenvalue weighted by molar-refractivity contribution is 5.80. The average Bonchev–Trinajstić information content (AvgIpc) is 3.37. The number of anilines is 1. The summed E-state index contributed by atoms with van der Waals surface area (Å²) >= 11 is 0. The van der Waals surface area contributed by atoms with Crippen molar-refractivity contribution in [1.82, 2.24) is 25.4 Å². The molecule has 1 aromatic carbocycles. The molecular formula is C22H32FN7. The van der Waals surface area contributed by atoms with E-state index in [1.165, 1.54) is 31.7 Å². The summed E-state index contributed by atoms with van der Waals surface area (Å²) in [5, 5.41) is 15.6. The molecule has 2 aromatic rings. The lowest BCUT2D eigenvalue weighted by Crippen LogP contribution is -2.52. The molecule has 0 radical (unpaired) electrons. The van der Waals surface area contributed by atoms with Gasteiger partial charge in [0.05, 0.1) is 0 Å². The van der Waals surface area contributed by atoms with Crippen LogP contribution in [0.15, 0.2) is 29.3 Å². The van der Waals surface area contributed by atoms with E-state index in [0.29, 0.717) is 12.6 Å². The molecule has 1 aliphatic heterocycles. The molecule has 7 nitrogen and oxygen atoms in total. The van der Waals surface area contributed by atoms with Crippen LogP contribution in [0.4, 0.5) is 10.1 Å². The number of hydrogen-bond donors (Lipinski definition) is 2. The van der Waals surface area contributed by atoms with E-state index >= 15 is 0 Å². The van der Waals surface area contributed by atoms with Crippen molar-refractivity contribution in [2.45, 2.75) is 64.1 Å². The van der Waals surface area contributed by atoms with Gasteiger partial charge in [0.15, 0.2) is 11.8 Å². The second kappa shape index (κ2) is 9.45. The maximum Gasteiger partial charge on any atom is 0.192 e. The molecule has 1 atom stereocenters. The largest absolute Gasteiger partial charge is 0.369 e. The molecule has 0 amide bonds. The highest BCUT2D eigenvalue weighted by Crippen LogP contribution is 2.21. The zero-order valence-electron chi connectivity index (χ0n) is 17.9. The van der Waals surface area contributed by atoms with Crippen molar-refractivity contribution in [1.29, 1.82) is 0 Å². The molecule has 0 bridgehead atoms.